The van der Waals surface area contributed by atoms with Crippen molar-refractivity contribution in [3.05, 3.63) is 35.9 Å². The maximum Gasteiger partial charge on any atom is 0.212 e. The highest BCUT2D eigenvalue weighted by Crippen LogP contribution is 2.27. The Balaban J connectivity index is 1.88. The van der Waals surface area contributed by atoms with Crippen molar-refractivity contribution >= 4 is 21.6 Å². The largest absolute Gasteiger partial charge is 0.212 e. The summed E-state index contributed by atoms with van der Waals surface area (Å²) < 4.78 is 26.9. The zero-order valence-corrected chi connectivity index (χ0v) is 12.5. The summed E-state index contributed by atoms with van der Waals surface area (Å²) in [6, 6.07) is 9.71. The summed E-state index contributed by atoms with van der Waals surface area (Å²) in [5, 5.41) is 0. The van der Waals surface area contributed by atoms with Gasteiger partial charge in [0.15, 0.2) is 0 Å². The van der Waals surface area contributed by atoms with Gasteiger partial charge in [-0.15, -0.1) is 11.6 Å². The molecule has 1 fully saturated rings. The van der Waals surface area contributed by atoms with Gasteiger partial charge < -0.3 is 0 Å². The molecule has 1 N–H and O–H groups in total. The van der Waals surface area contributed by atoms with E-state index in [0.717, 1.165) is 24.8 Å². The highest BCUT2D eigenvalue weighted by atomic mass is 35.5. The lowest BCUT2D eigenvalue weighted by atomic mass is 10.1. The molecule has 1 aliphatic carbocycles. The molecule has 0 heterocycles. The molecule has 0 aliphatic heterocycles. The normalized spacial score (nSPS) is 23.6. The molecule has 5 heteroatoms. The number of alkyl halides is 1. The van der Waals surface area contributed by atoms with Gasteiger partial charge >= 0.3 is 0 Å². The van der Waals surface area contributed by atoms with Crippen LogP contribution in [0.25, 0.3) is 0 Å². The number of nitrogens with one attached hydrogen (secondary N) is 1. The first-order valence-corrected chi connectivity index (χ1v) is 8.89. The van der Waals surface area contributed by atoms with Gasteiger partial charge in [-0.1, -0.05) is 36.8 Å². The molecule has 0 aromatic heterocycles. The zero-order valence-electron chi connectivity index (χ0n) is 10.9. The Morgan fingerprint density at radius 1 is 1.21 bits per heavy atom. The van der Waals surface area contributed by atoms with Crippen LogP contribution in [0.1, 0.15) is 24.8 Å². The molecule has 0 saturated heterocycles. The number of aryl methyl sites for hydroxylation is 1. The van der Waals surface area contributed by atoms with E-state index in [1.54, 1.807) is 0 Å². The first kappa shape index (κ1) is 14.8. The van der Waals surface area contributed by atoms with Crippen LogP contribution in [0.2, 0.25) is 0 Å². The monoisotopic (exact) mass is 301 g/mol. The lowest BCUT2D eigenvalue weighted by Gasteiger charge is -2.18. The quantitative estimate of drug-likeness (QED) is 0.821. The minimum atomic E-state index is -3.21. The number of hydrogen-bond acceptors (Lipinski definition) is 2. The molecule has 19 heavy (non-hydrogen) atoms. The van der Waals surface area contributed by atoms with Gasteiger partial charge in [0.05, 0.1) is 5.75 Å². The summed E-state index contributed by atoms with van der Waals surface area (Å²) >= 11 is 5.87. The zero-order chi connectivity index (χ0) is 13.7. The van der Waals surface area contributed by atoms with Crippen molar-refractivity contribution in [3.8, 4) is 0 Å². The van der Waals surface area contributed by atoms with Crippen LogP contribution in [0.4, 0.5) is 0 Å². The Morgan fingerprint density at radius 2 is 1.95 bits per heavy atom. The van der Waals surface area contributed by atoms with Gasteiger partial charge in [0.2, 0.25) is 10.0 Å². The van der Waals surface area contributed by atoms with Gasteiger partial charge in [-0.05, 0) is 30.7 Å². The van der Waals surface area contributed by atoms with Crippen molar-refractivity contribution in [1.29, 1.82) is 0 Å². The van der Waals surface area contributed by atoms with Gasteiger partial charge in [0, 0.05) is 11.9 Å². The number of sulfonamides is 1. The van der Waals surface area contributed by atoms with E-state index in [0.29, 0.717) is 12.3 Å². The molecular weight excluding hydrogens is 282 g/mol. The number of benzene rings is 1. The maximum absolute atomic E-state index is 12.1. The summed E-state index contributed by atoms with van der Waals surface area (Å²) in [6.07, 6.45) is 3.54. The molecule has 1 aromatic rings. The predicted octanol–water partition coefficient (Wildman–Crippen LogP) is 2.56. The Hall–Kier alpha value is -0.580. The van der Waals surface area contributed by atoms with E-state index >= 15 is 0 Å². The number of hydrogen-bond donors (Lipinski definition) is 1. The van der Waals surface area contributed by atoms with E-state index < -0.39 is 10.0 Å². The molecule has 0 spiro atoms. The number of rotatable bonds is 6. The lowest BCUT2D eigenvalue weighted by molar-refractivity contribution is 0.480. The van der Waals surface area contributed by atoms with Crippen LogP contribution in [0, 0.1) is 5.92 Å². The molecule has 1 aromatic carbocycles. The second kappa shape index (κ2) is 6.73. The fraction of sp³-hybridized carbons (Fsp3) is 0.571. The SMILES string of the molecule is O=S(=O)(CCc1ccccc1)NC1CCCC1CCl. The van der Waals surface area contributed by atoms with Gasteiger partial charge in [-0.3, -0.25) is 0 Å². The Labute approximate surface area is 120 Å². The average Bonchev–Trinajstić information content (AvgIpc) is 2.84. The molecule has 0 radical (unpaired) electrons. The summed E-state index contributed by atoms with van der Waals surface area (Å²) in [6.45, 7) is 0. The minimum Gasteiger partial charge on any atom is -0.212 e. The summed E-state index contributed by atoms with van der Waals surface area (Å²) in [5.41, 5.74) is 1.05. The average molecular weight is 302 g/mol. The van der Waals surface area contributed by atoms with Gasteiger partial charge in [0.1, 0.15) is 0 Å². The van der Waals surface area contributed by atoms with Crippen LogP contribution in [0.5, 0.6) is 0 Å². The van der Waals surface area contributed by atoms with Crippen molar-refractivity contribution in [1.82, 2.24) is 4.72 Å². The second-order valence-electron chi connectivity index (χ2n) is 5.12. The molecule has 3 nitrogen and oxygen atoms in total. The predicted molar refractivity (Wildman–Crippen MR) is 78.9 cm³/mol. The number of halogens is 1. The maximum atomic E-state index is 12.1. The highest BCUT2D eigenvalue weighted by Gasteiger charge is 2.29. The third-order valence-corrected chi connectivity index (χ3v) is 5.49. The first-order chi connectivity index (χ1) is 9.11. The topological polar surface area (TPSA) is 46.2 Å². The molecule has 0 amide bonds. The van der Waals surface area contributed by atoms with Crippen molar-refractivity contribution in [2.45, 2.75) is 31.7 Å². The lowest BCUT2D eigenvalue weighted by Crippen LogP contribution is -2.39. The Bertz CT molecular complexity index is 489. The first-order valence-electron chi connectivity index (χ1n) is 6.70. The third kappa shape index (κ3) is 4.48. The van der Waals surface area contributed by atoms with Crippen LogP contribution in [-0.4, -0.2) is 26.1 Å². The van der Waals surface area contributed by atoms with Gasteiger partial charge in [-0.2, -0.15) is 0 Å². The fourth-order valence-corrected chi connectivity index (χ4v) is 4.33. The summed E-state index contributed by atoms with van der Waals surface area (Å²) in [5.74, 6) is 0.960. The smallest absolute Gasteiger partial charge is 0.212 e. The standard InChI is InChI=1S/C14H20ClNO2S/c15-11-13-7-4-8-14(13)16-19(17,18)10-9-12-5-2-1-3-6-12/h1-3,5-6,13-14,16H,4,7-11H2. The van der Waals surface area contributed by atoms with E-state index in [4.69, 9.17) is 11.6 Å². The van der Waals surface area contributed by atoms with Crippen LogP contribution < -0.4 is 4.72 Å². The van der Waals surface area contributed by atoms with E-state index in [1.165, 1.54) is 0 Å². The van der Waals surface area contributed by atoms with E-state index in [-0.39, 0.29) is 17.7 Å². The van der Waals surface area contributed by atoms with Crippen molar-refractivity contribution in [3.63, 3.8) is 0 Å². The Kier molecular flexibility index (Phi) is 5.25. The van der Waals surface area contributed by atoms with Crippen LogP contribution in [0.3, 0.4) is 0 Å². The molecular formula is C14H20ClNO2S. The third-order valence-electron chi connectivity index (χ3n) is 3.69. The molecule has 2 atom stereocenters. The van der Waals surface area contributed by atoms with Crippen LogP contribution >= 0.6 is 11.6 Å². The molecule has 1 saturated carbocycles. The minimum absolute atomic E-state index is 0.0262. The molecule has 2 unspecified atom stereocenters. The van der Waals surface area contributed by atoms with E-state index in [1.807, 2.05) is 30.3 Å². The van der Waals surface area contributed by atoms with Crippen molar-refractivity contribution in [2.75, 3.05) is 11.6 Å². The van der Waals surface area contributed by atoms with Gasteiger partial charge in [0.25, 0.3) is 0 Å². The summed E-state index contributed by atoms with van der Waals surface area (Å²) in [4.78, 5) is 0. The fourth-order valence-electron chi connectivity index (χ4n) is 2.56. The molecule has 0 bridgehead atoms. The molecule has 1 aliphatic rings. The molecule has 106 valence electrons. The second-order valence-corrected chi connectivity index (χ2v) is 7.31. The molecule has 2 rings (SSSR count). The van der Waals surface area contributed by atoms with Gasteiger partial charge in [-0.25, -0.2) is 13.1 Å². The highest BCUT2D eigenvalue weighted by molar-refractivity contribution is 7.89. The van der Waals surface area contributed by atoms with Crippen molar-refractivity contribution in [2.24, 2.45) is 5.92 Å². The Morgan fingerprint density at radius 3 is 2.63 bits per heavy atom. The van der Waals surface area contributed by atoms with E-state index in [9.17, 15) is 8.42 Å². The van der Waals surface area contributed by atoms with E-state index in [2.05, 4.69) is 4.72 Å². The van der Waals surface area contributed by atoms with Crippen LogP contribution in [0.15, 0.2) is 30.3 Å². The summed E-state index contributed by atoms with van der Waals surface area (Å²) in [7, 11) is -3.21. The van der Waals surface area contributed by atoms with Crippen molar-refractivity contribution < 1.29 is 8.42 Å². The van der Waals surface area contributed by atoms with Crippen LogP contribution in [-0.2, 0) is 16.4 Å².